The Bertz CT molecular complexity index is 842. The minimum Gasteiger partial charge on any atom is -0.378 e. The number of ether oxygens (including phenoxy) is 1. The highest BCUT2D eigenvalue weighted by atomic mass is 32.2. The Morgan fingerprint density at radius 2 is 1.77 bits per heavy atom. The van der Waals surface area contributed by atoms with E-state index in [1.807, 2.05) is 11.0 Å². The zero-order valence-electron chi connectivity index (χ0n) is 17.8. The molecule has 4 rings (SSSR count). The van der Waals surface area contributed by atoms with Crippen molar-refractivity contribution in [2.45, 2.75) is 44.2 Å². The van der Waals surface area contributed by atoms with Gasteiger partial charge in [-0.15, -0.1) is 10.2 Å². The Morgan fingerprint density at radius 1 is 1.03 bits per heavy atom. The lowest BCUT2D eigenvalue weighted by molar-refractivity contribution is -0.128. The molecule has 0 atom stereocenters. The zero-order chi connectivity index (χ0) is 20.8. The van der Waals surface area contributed by atoms with Crippen molar-refractivity contribution >= 4 is 23.6 Å². The van der Waals surface area contributed by atoms with Crippen LogP contribution in [0.1, 0.15) is 37.7 Å². The van der Waals surface area contributed by atoms with E-state index in [1.165, 1.54) is 36.6 Å². The van der Waals surface area contributed by atoms with Crippen molar-refractivity contribution in [2.75, 3.05) is 50.0 Å². The number of carbonyl (C=O) groups excluding carboxylic acids is 1. The molecule has 7 nitrogen and oxygen atoms in total. The fourth-order valence-electron chi connectivity index (χ4n) is 4.03. The van der Waals surface area contributed by atoms with Crippen LogP contribution in [0.5, 0.6) is 0 Å². The highest BCUT2D eigenvalue weighted by molar-refractivity contribution is 7.99. The Kier molecular flexibility index (Phi) is 7.28. The van der Waals surface area contributed by atoms with E-state index in [9.17, 15) is 4.79 Å². The van der Waals surface area contributed by atoms with Gasteiger partial charge in [-0.1, -0.05) is 43.2 Å². The van der Waals surface area contributed by atoms with Gasteiger partial charge >= 0.3 is 0 Å². The van der Waals surface area contributed by atoms with Crippen LogP contribution in [0.15, 0.2) is 29.4 Å². The molecule has 2 fully saturated rings. The monoisotopic (exact) mass is 429 g/mol. The molecule has 0 radical (unpaired) electrons. The first kappa shape index (κ1) is 21.2. The molecular formula is C22H31N5O2S. The third-order valence-electron chi connectivity index (χ3n) is 5.70. The second-order valence-corrected chi connectivity index (χ2v) is 8.94. The standard InChI is InChI=1S/C22H31N5O2S/c1-18-8-7-9-19(16-18)27-21(26-12-14-29-15-13-26)23-24-22(27)30-17-20(28)25-10-5-3-2-4-6-11-25/h7-9,16H,2-6,10-15,17H2,1H3. The van der Waals surface area contributed by atoms with E-state index in [4.69, 9.17) is 4.74 Å². The first-order chi connectivity index (χ1) is 14.7. The maximum atomic E-state index is 12.9. The predicted molar refractivity (Wildman–Crippen MR) is 120 cm³/mol. The highest BCUT2D eigenvalue weighted by Crippen LogP contribution is 2.28. The molecule has 0 unspecified atom stereocenters. The summed E-state index contributed by atoms with van der Waals surface area (Å²) in [6, 6.07) is 8.34. The molecule has 2 saturated heterocycles. The molecule has 8 heteroatoms. The Morgan fingerprint density at radius 3 is 2.50 bits per heavy atom. The van der Waals surface area contributed by atoms with Gasteiger partial charge in [-0.2, -0.15) is 0 Å². The van der Waals surface area contributed by atoms with Crippen molar-refractivity contribution < 1.29 is 9.53 Å². The molecule has 0 N–H and O–H groups in total. The van der Waals surface area contributed by atoms with Crippen LogP contribution in [0, 0.1) is 6.92 Å². The molecule has 0 saturated carbocycles. The van der Waals surface area contributed by atoms with Crippen molar-refractivity contribution in [1.82, 2.24) is 19.7 Å². The fourth-order valence-corrected chi connectivity index (χ4v) is 4.88. The molecule has 3 heterocycles. The summed E-state index contributed by atoms with van der Waals surface area (Å²) < 4.78 is 7.59. The van der Waals surface area contributed by atoms with Gasteiger partial charge in [0.25, 0.3) is 0 Å². The third-order valence-corrected chi connectivity index (χ3v) is 6.62. The Balaban J connectivity index is 1.53. The number of thioether (sulfide) groups is 1. The van der Waals surface area contributed by atoms with Gasteiger partial charge in [0.1, 0.15) is 0 Å². The minimum atomic E-state index is 0.202. The number of anilines is 1. The molecular weight excluding hydrogens is 398 g/mol. The average Bonchev–Trinajstić information content (AvgIpc) is 3.16. The number of hydrogen-bond acceptors (Lipinski definition) is 6. The maximum absolute atomic E-state index is 12.9. The van der Waals surface area contributed by atoms with Crippen LogP contribution < -0.4 is 4.90 Å². The maximum Gasteiger partial charge on any atom is 0.233 e. The van der Waals surface area contributed by atoms with Crippen LogP contribution in [-0.2, 0) is 9.53 Å². The van der Waals surface area contributed by atoms with E-state index in [0.29, 0.717) is 19.0 Å². The van der Waals surface area contributed by atoms with Gasteiger partial charge in [0.05, 0.1) is 24.7 Å². The van der Waals surface area contributed by atoms with E-state index < -0.39 is 0 Å². The number of hydrogen-bond donors (Lipinski definition) is 0. The second-order valence-electron chi connectivity index (χ2n) is 7.99. The van der Waals surface area contributed by atoms with E-state index in [0.717, 1.165) is 55.8 Å². The summed E-state index contributed by atoms with van der Waals surface area (Å²) in [6.07, 6.45) is 5.96. The van der Waals surface area contributed by atoms with Gasteiger partial charge in [-0.25, -0.2) is 0 Å². The van der Waals surface area contributed by atoms with Crippen LogP contribution in [0.2, 0.25) is 0 Å². The number of morpholine rings is 1. The van der Waals surface area contributed by atoms with Crippen LogP contribution >= 0.6 is 11.8 Å². The molecule has 0 spiro atoms. The molecule has 2 aromatic rings. The summed E-state index contributed by atoms with van der Waals surface area (Å²) in [6.45, 7) is 6.81. The molecule has 162 valence electrons. The van der Waals surface area contributed by atoms with Crippen LogP contribution in [0.4, 0.5) is 5.95 Å². The first-order valence-electron chi connectivity index (χ1n) is 11.0. The second kappa shape index (κ2) is 10.3. The van der Waals surface area contributed by atoms with Gasteiger partial charge in [0.2, 0.25) is 11.9 Å². The van der Waals surface area contributed by atoms with E-state index in [1.54, 1.807) is 0 Å². The van der Waals surface area contributed by atoms with Crippen molar-refractivity contribution in [3.05, 3.63) is 29.8 Å². The molecule has 0 bridgehead atoms. The number of benzene rings is 1. The molecule has 2 aliphatic rings. The highest BCUT2D eigenvalue weighted by Gasteiger charge is 2.23. The summed E-state index contributed by atoms with van der Waals surface area (Å²) in [5, 5.41) is 9.74. The summed E-state index contributed by atoms with van der Waals surface area (Å²) in [5.74, 6) is 1.42. The van der Waals surface area contributed by atoms with Crippen molar-refractivity contribution in [2.24, 2.45) is 0 Å². The van der Waals surface area contributed by atoms with Gasteiger partial charge in [0, 0.05) is 26.2 Å². The van der Waals surface area contributed by atoms with E-state index in [-0.39, 0.29) is 5.91 Å². The van der Waals surface area contributed by atoms with Gasteiger partial charge < -0.3 is 14.5 Å². The molecule has 1 aromatic heterocycles. The largest absolute Gasteiger partial charge is 0.378 e. The first-order valence-corrected chi connectivity index (χ1v) is 12.0. The summed E-state index contributed by atoms with van der Waals surface area (Å²) in [4.78, 5) is 17.1. The Labute approximate surface area is 182 Å². The average molecular weight is 430 g/mol. The van der Waals surface area contributed by atoms with Gasteiger partial charge in [-0.3, -0.25) is 9.36 Å². The number of aromatic nitrogens is 3. The SMILES string of the molecule is Cc1cccc(-n2c(SCC(=O)N3CCCCCCC3)nnc2N2CCOCC2)c1. The molecule has 1 amide bonds. The topological polar surface area (TPSA) is 63.5 Å². The summed E-state index contributed by atoms with van der Waals surface area (Å²) in [7, 11) is 0. The lowest BCUT2D eigenvalue weighted by Crippen LogP contribution is -2.38. The number of nitrogens with zero attached hydrogens (tertiary/aromatic N) is 5. The number of aryl methyl sites for hydroxylation is 1. The number of amides is 1. The van der Waals surface area contributed by atoms with Crippen molar-refractivity contribution in [3.63, 3.8) is 0 Å². The lowest BCUT2D eigenvalue weighted by Gasteiger charge is -2.28. The van der Waals surface area contributed by atoms with Crippen LogP contribution in [0.3, 0.4) is 0 Å². The number of rotatable bonds is 5. The van der Waals surface area contributed by atoms with Crippen molar-refractivity contribution in [1.29, 1.82) is 0 Å². The molecule has 2 aliphatic heterocycles. The minimum absolute atomic E-state index is 0.202. The van der Waals surface area contributed by atoms with Crippen LogP contribution in [0.25, 0.3) is 5.69 Å². The van der Waals surface area contributed by atoms with E-state index in [2.05, 4.69) is 44.8 Å². The number of carbonyl (C=O) groups is 1. The third kappa shape index (κ3) is 5.16. The number of likely N-dealkylation sites (tertiary alicyclic amines) is 1. The lowest BCUT2D eigenvalue weighted by atomic mass is 10.1. The van der Waals surface area contributed by atoms with Crippen molar-refractivity contribution in [3.8, 4) is 5.69 Å². The predicted octanol–water partition coefficient (Wildman–Crippen LogP) is 3.30. The molecule has 1 aromatic carbocycles. The Hall–Kier alpha value is -2.06. The van der Waals surface area contributed by atoms with Gasteiger partial charge in [0.15, 0.2) is 5.16 Å². The van der Waals surface area contributed by atoms with Gasteiger partial charge in [-0.05, 0) is 37.5 Å². The fraction of sp³-hybridized carbons (Fsp3) is 0.591. The molecule has 30 heavy (non-hydrogen) atoms. The van der Waals surface area contributed by atoms with Crippen LogP contribution in [-0.4, -0.2) is 70.7 Å². The quantitative estimate of drug-likeness (QED) is 0.680. The zero-order valence-corrected chi connectivity index (χ0v) is 18.6. The summed E-state index contributed by atoms with van der Waals surface area (Å²) in [5.41, 5.74) is 2.21. The van der Waals surface area contributed by atoms with E-state index >= 15 is 0 Å². The summed E-state index contributed by atoms with van der Waals surface area (Å²) >= 11 is 1.49. The molecule has 0 aliphatic carbocycles. The normalized spacial score (nSPS) is 18.2. The smallest absolute Gasteiger partial charge is 0.233 e.